The smallest absolute Gasteiger partial charge is 0.411 e. The number of benzene rings is 3. The highest BCUT2D eigenvalue weighted by atomic mass is 19.1. The average molecular weight is 940 g/mol. The molecule has 3 fully saturated rings. The quantitative estimate of drug-likeness (QED) is 0.153. The molecule has 3 aromatic carbocycles. The molecule has 0 aromatic heterocycles. The van der Waals surface area contributed by atoms with Crippen molar-refractivity contribution in [2.75, 3.05) is 32.2 Å². The molecule has 4 bridgehead atoms. The zero-order valence-corrected chi connectivity index (χ0v) is 39.7. The van der Waals surface area contributed by atoms with Crippen molar-refractivity contribution in [2.24, 2.45) is 22.3 Å². The summed E-state index contributed by atoms with van der Waals surface area (Å²) in [6.07, 6.45) is -2.23. The van der Waals surface area contributed by atoms with Gasteiger partial charge in [0.2, 0.25) is 11.8 Å². The van der Waals surface area contributed by atoms with Gasteiger partial charge in [0.05, 0.1) is 23.4 Å². The fourth-order valence-corrected chi connectivity index (χ4v) is 14.6. The highest BCUT2D eigenvalue weighted by Crippen LogP contribution is 2.63. The summed E-state index contributed by atoms with van der Waals surface area (Å²) in [7, 11) is 3.11. The van der Waals surface area contributed by atoms with Crippen LogP contribution >= 0.6 is 0 Å². The fourth-order valence-electron chi connectivity index (χ4n) is 14.6. The Balaban J connectivity index is 1.41. The van der Waals surface area contributed by atoms with Gasteiger partial charge in [-0.05, 0) is 99.1 Å². The number of halogens is 1. The number of amides is 6. The van der Waals surface area contributed by atoms with Crippen LogP contribution in [0.1, 0.15) is 101 Å². The lowest BCUT2D eigenvalue weighted by atomic mass is 9.59. The van der Waals surface area contributed by atoms with E-state index in [0.717, 1.165) is 0 Å². The van der Waals surface area contributed by atoms with E-state index in [2.05, 4.69) is 15.5 Å². The molecule has 17 nitrogen and oxygen atoms in total. The van der Waals surface area contributed by atoms with Crippen LogP contribution in [0, 0.1) is 16.6 Å². The lowest BCUT2D eigenvalue weighted by Crippen LogP contribution is -2.74. The number of carboxylic acid groups (broad SMARTS) is 2. The maximum atomic E-state index is 15.3. The molecular weight excluding hydrogens is 878 g/mol. The molecule has 8 N–H and O–H groups in total. The summed E-state index contributed by atoms with van der Waals surface area (Å²) < 4.78 is 28.7. The monoisotopic (exact) mass is 939 g/mol. The van der Waals surface area contributed by atoms with Crippen molar-refractivity contribution in [3.05, 3.63) is 101 Å². The molecule has 18 heteroatoms. The van der Waals surface area contributed by atoms with E-state index >= 15 is 14.0 Å². The number of methoxy groups -OCH3 is 2. The minimum atomic E-state index is -1.87. The van der Waals surface area contributed by atoms with Gasteiger partial charge in [-0.2, -0.15) is 0 Å². The van der Waals surface area contributed by atoms with E-state index in [4.69, 9.17) is 20.9 Å². The molecule has 3 heterocycles. The Bertz CT molecular complexity index is 2540. The SMILES string of the molecule is CO[C@@H]1[C@H](C2CCCN2[C@]2(C(=O)NC(=O)O)c3ccc(cc3)C(C(N)=O)C2(C)C)N(c2ccc(F)cc2)[C@@](C)(C2CCCN2[C@]2(C(=O)NC(=O)O)c3ccc(cc3)C(C(N)=O)C2(C)C)[C@@]1(C)OC. The first-order valence-electron chi connectivity index (χ1n) is 23.0. The fraction of sp³-hybridized carbons (Fsp3) is 0.520. The second kappa shape index (κ2) is 16.6. The van der Waals surface area contributed by atoms with Gasteiger partial charge >= 0.3 is 12.2 Å². The molecule has 10 atom stereocenters. The average Bonchev–Trinajstić information content (AvgIpc) is 3.93. The van der Waals surface area contributed by atoms with Crippen LogP contribution in [0.25, 0.3) is 0 Å². The molecule has 7 aliphatic rings. The summed E-state index contributed by atoms with van der Waals surface area (Å²) in [6.45, 7) is 11.4. The number of fused-ring (bicyclic) bond motifs is 8. The third kappa shape index (κ3) is 6.32. The summed E-state index contributed by atoms with van der Waals surface area (Å²) >= 11 is 0. The number of imide groups is 2. The van der Waals surface area contributed by atoms with Crippen LogP contribution in [-0.4, -0.2) is 119 Å². The van der Waals surface area contributed by atoms with Crippen molar-refractivity contribution in [1.82, 2.24) is 20.4 Å². The highest BCUT2D eigenvalue weighted by molar-refractivity contribution is 6.01. The third-order valence-corrected chi connectivity index (χ3v) is 17.2. The Morgan fingerprint density at radius 2 is 1.10 bits per heavy atom. The molecule has 3 saturated heterocycles. The Morgan fingerprint density at radius 3 is 1.53 bits per heavy atom. The summed E-state index contributed by atoms with van der Waals surface area (Å²) in [4.78, 5) is 89.2. The van der Waals surface area contributed by atoms with Crippen LogP contribution in [0.15, 0.2) is 72.8 Å². The molecule has 0 spiro atoms. The molecular formula is C50H62FN7O10. The molecule has 364 valence electrons. The van der Waals surface area contributed by atoms with E-state index in [1.807, 2.05) is 23.6 Å². The van der Waals surface area contributed by atoms with E-state index in [0.29, 0.717) is 53.6 Å². The topological polar surface area (TPSA) is 247 Å². The number of nitrogens with one attached hydrogen (secondary N) is 2. The number of ether oxygens (including phenoxy) is 2. The predicted octanol–water partition coefficient (Wildman–Crippen LogP) is 4.72. The van der Waals surface area contributed by atoms with Crippen LogP contribution in [0.3, 0.4) is 0 Å². The maximum Gasteiger partial charge on any atom is 0.411 e. The normalized spacial score (nSPS) is 33.8. The van der Waals surface area contributed by atoms with E-state index in [1.54, 1.807) is 103 Å². The summed E-state index contributed by atoms with van der Waals surface area (Å²) in [6, 6.07) is 17.6. The van der Waals surface area contributed by atoms with Crippen molar-refractivity contribution in [3.8, 4) is 0 Å². The lowest BCUT2D eigenvalue weighted by molar-refractivity contribution is -0.164. The van der Waals surface area contributed by atoms with Crippen LogP contribution in [0.4, 0.5) is 19.7 Å². The zero-order chi connectivity index (χ0) is 49.7. The molecule has 10 rings (SSSR count). The van der Waals surface area contributed by atoms with E-state index in [1.165, 1.54) is 12.1 Å². The van der Waals surface area contributed by atoms with Gasteiger partial charge in [-0.25, -0.2) is 14.0 Å². The third-order valence-electron chi connectivity index (χ3n) is 17.2. The second-order valence-electron chi connectivity index (χ2n) is 20.5. The molecule has 4 unspecified atom stereocenters. The van der Waals surface area contributed by atoms with E-state index < -0.39 is 111 Å². The first-order chi connectivity index (χ1) is 32.0. The first kappa shape index (κ1) is 48.5. The predicted molar refractivity (Wildman–Crippen MR) is 247 cm³/mol. The molecule has 0 radical (unpaired) electrons. The summed E-state index contributed by atoms with van der Waals surface area (Å²) in [5.74, 6) is -5.79. The minimum absolute atomic E-state index is 0.245. The summed E-state index contributed by atoms with van der Waals surface area (Å²) in [5, 5.41) is 24.8. The van der Waals surface area contributed by atoms with Crippen LogP contribution in [-0.2, 0) is 39.7 Å². The number of nitrogens with zero attached hydrogens (tertiary/aromatic N) is 3. The molecule has 6 amide bonds. The van der Waals surface area contributed by atoms with Gasteiger partial charge in [-0.1, -0.05) is 76.2 Å². The Labute approximate surface area is 394 Å². The first-order valence-corrected chi connectivity index (χ1v) is 23.0. The Hall–Kier alpha value is -5.95. The number of likely N-dealkylation sites (tertiary alicyclic amines) is 2. The number of primary amides is 2. The van der Waals surface area contributed by atoms with Crippen molar-refractivity contribution < 1.29 is 52.8 Å². The van der Waals surface area contributed by atoms with Gasteiger partial charge in [0, 0.05) is 42.8 Å². The van der Waals surface area contributed by atoms with Gasteiger partial charge in [0.1, 0.15) is 28.6 Å². The number of hydrogen-bond donors (Lipinski definition) is 6. The second-order valence-corrected chi connectivity index (χ2v) is 20.5. The van der Waals surface area contributed by atoms with Gasteiger partial charge in [0.15, 0.2) is 0 Å². The van der Waals surface area contributed by atoms with Gasteiger partial charge in [-0.3, -0.25) is 39.6 Å². The van der Waals surface area contributed by atoms with Crippen LogP contribution < -0.4 is 27.0 Å². The molecule has 0 saturated carbocycles. The molecule has 4 aliphatic carbocycles. The maximum absolute atomic E-state index is 15.3. The Kier molecular flexibility index (Phi) is 11.9. The lowest BCUT2D eigenvalue weighted by Gasteiger charge is -2.59. The zero-order valence-electron chi connectivity index (χ0n) is 39.7. The van der Waals surface area contributed by atoms with Crippen LogP contribution in [0.5, 0.6) is 0 Å². The number of rotatable bonds is 11. The van der Waals surface area contributed by atoms with Gasteiger partial charge < -0.3 is 36.1 Å². The van der Waals surface area contributed by atoms with E-state index in [-0.39, 0.29) is 13.1 Å². The largest absolute Gasteiger partial charge is 0.465 e. The Morgan fingerprint density at radius 1 is 0.662 bits per heavy atom. The van der Waals surface area contributed by atoms with Crippen LogP contribution in [0.2, 0.25) is 0 Å². The van der Waals surface area contributed by atoms with Crippen molar-refractivity contribution in [1.29, 1.82) is 0 Å². The number of anilines is 1. The van der Waals surface area contributed by atoms with E-state index in [9.17, 15) is 29.4 Å². The number of carbonyl (C=O) groups excluding carboxylic acids is 4. The van der Waals surface area contributed by atoms with Crippen molar-refractivity contribution in [3.63, 3.8) is 0 Å². The summed E-state index contributed by atoms with van der Waals surface area (Å²) in [5.41, 5.74) is 5.74. The molecule has 68 heavy (non-hydrogen) atoms. The van der Waals surface area contributed by atoms with Crippen molar-refractivity contribution in [2.45, 2.75) is 126 Å². The number of hydrogen-bond acceptors (Lipinski definition) is 11. The number of nitrogens with two attached hydrogens (primary N) is 2. The van der Waals surface area contributed by atoms with Gasteiger partial charge in [0.25, 0.3) is 11.8 Å². The number of carbonyl (C=O) groups is 6. The standard InChI is InChI=1S/C50H62FN7O10/c1-45(2)35(39(52)59)27-13-17-29(18-14-27)49(45,41(61)54-43(63)64)56-25-9-11-33(56)37-38(67-7)48(6,68-8)47(5,58(37)32-23-21-31(51)22-24-32)34-12-10-26-57(34)50(42(62)55-44(65)66)30-19-15-28(16-20-30)36(40(53)60)46(50,3)4/h13-24,33-38H,9-12,25-26H2,1-8H3,(H2,52,59)(H2,53,60)(H,54,61)(H,55,62)(H,63,64)(H,65,66)/t33?,34?,35?,36?,37-,38+,47-,48-,49-,50-/m0/s1. The highest BCUT2D eigenvalue weighted by Gasteiger charge is 2.75. The molecule has 3 aliphatic heterocycles. The molecule has 3 aromatic rings. The minimum Gasteiger partial charge on any atom is -0.465 e. The van der Waals surface area contributed by atoms with Gasteiger partial charge in [-0.15, -0.1) is 0 Å². The van der Waals surface area contributed by atoms with Crippen molar-refractivity contribution >= 4 is 41.5 Å².